The molecule has 2 aromatic carbocycles. The molecule has 13 heteroatoms. The van der Waals surface area contributed by atoms with E-state index in [0.717, 1.165) is 32.2 Å². The van der Waals surface area contributed by atoms with Gasteiger partial charge in [0.15, 0.2) is 5.82 Å². The Morgan fingerprint density at radius 1 is 0.982 bits per heavy atom. The van der Waals surface area contributed by atoms with Crippen LogP contribution in [0.15, 0.2) is 24.3 Å². The lowest BCUT2D eigenvalue weighted by Crippen LogP contribution is -2.51. The molecule has 0 aliphatic carbocycles. The van der Waals surface area contributed by atoms with Crippen LogP contribution in [-0.2, 0) is 11.3 Å². The lowest BCUT2D eigenvalue weighted by Gasteiger charge is -2.38. The molecule has 2 aromatic heterocycles. The molecular weight excluding hydrogens is 746 g/mol. The number of rotatable bonds is 10. The zero-order chi connectivity index (χ0) is 40.4. The number of anilines is 1. The minimum atomic E-state index is -2.31. The Hall–Kier alpha value is -3.96. The molecule has 304 valence electrons. The molecular formula is C44H55F3N6O3Si. The second-order valence-electron chi connectivity index (χ2n) is 17.8. The summed E-state index contributed by atoms with van der Waals surface area (Å²) in [5.41, 5.74) is 4.72. The highest BCUT2D eigenvalue weighted by Crippen LogP contribution is 2.44. The van der Waals surface area contributed by atoms with Crippen molar-refractivity contribution in [1.29, 1.82) is 0 Å². The molecule has 8 rings (SSSR count). The Bertz CT molecular complexity index is 2230. The van der Waals surface area contributed by atoms with E-state index in [-0.39, 0.29) is 59.4 Å². The lowest BCUT2D eigenvalue weighted by atomic mass is 9.95. The maximum atomic E-state index is 17.7. The van der Waals surface area contributed by atoms with Crippen LogP contribution in [0.25, 0.3) is 32.9 Å². The average molecular weight is 801 g/mol. The maximum Gasteiger partial charge on any atom is 0.319 e. The number of phenols is 1. The van der Waals surface area contributed by atoms with E-state index in [2.05, 4.69) is 68.1 Å². The summed E-state index contributed by atoms with van der Waals surface area (Å²) < 4.78 is 60.7. The first-order chi connectivity index (χ1) is 27.2. The summed E-state index contributed by atoms with van der Waals surface area (Å²) in [5.74, 6) is 2.39. The Balaban J connectivity index is 1.34. The van der Waals surface area contributed by atoms with Crippen molar-refractivity contribution in [3.63, 3.8) is 0 Å². The van der Waals surface area contributed by atoms with E-state index in [0.29, 0.717) is 70.3 Å². The molecule has 4 aliphatic heterocycles. The predicted octanol–water partition coefficient (Wildman–Crippen LogP) is 8.44. The van der Waals surface area contributed by atoms with Crippen molar-refractivity contribution in [2.45, 2.75) is 121 Å². The van der Waals surface area contributed by atoms with E-state index in [1.54, 1.807) is 13.2 Å². The largest absolute Gasteiger partial charge is 0.508 e. The minimum Gasteiger partial charge on any atom is -0.508 e. The van der Waals surface area contributed by atoms with Gasteiger partial charge in [-0.2, -0.15) is 9.97 Å². The van der Waals surface area contributed by atoms with Crippen LogP contribution < -0.4 is 15.0 Å². The fraction of sp³-hybridized carbons (Fsp3) is 0.568. The summed E-state index contributed by atoms with van der Waals surface area (Å²) in [6.45, 7) is 15.9. The van der Waals surface area contributed by atoms with Crippen molar-refractivity contribution < 1.29 is 27.8 Å². The monoisotopic (exact) mass is 800 g/mol. The highest BCUT2D eigenvalue weighted by atomic mass is 28.3. The van der Waals surface area contributed by atoms with Gasteiger partial charge >= 0.3 is 6.01 Å². The van der Waals surface area contributed by atoms with Crippen LogP contribution in [-0.4, -0.2) is 96.7 Å². The van der Waals surface area contributed by atoms with Crippen molar-refractivity contribution in [3.05, 3.63) is 47.2 Å². The topological polar surface area (TPSA) is 95.9 Å². The molecule has 6 heterocycles. The third kappa shape index (κ3) is 6.94. The number of aromatic nitrogens is 3. The molecule has 4 fully saturated rings. The van der Waals surface area contributed by atoms with Crippen molar-refractivity contribution in [3.8, 4) is 34.5 Å². The highest BCUT2D eigenvalue weighted by Gasteiger charge is 2.49. The van der Waals surface area contributed by atoms with Gasteiger partial charge in [-0.05, 0) is 72.4 Å². The van der Waals surface area contributed by atoms with Crippen LogP contribution in [0.5, 0.6) is 11.8 Å². The number of nitrogens with one attached hydrogen (secondary N) is 1. The summed E-state index contributed by atoms with van der Waals surface area (Å²) in [6.07, 6.45) is 3.25. The maximum absolute atomic E-state index is 17.7. The number of ether oxygens (including phenoxy) is 2. The molecule has 0 saturated carbocycles. The number of pyridine rings is 1. The van der Waals surface area contributed by atoms with Crippen LogP contribution in [0.3, 0.4) is 0 Å². The molecule has 0 amide bonds. The van der Waals surface area contributed by atoms with Crippen LogP contribution >= 0.6 is 0 Å². The molecule has 4 aliphatic rings. The number of fused-ring (bicyclic) bond motifs is 5. The fourth-order valence-corrected chi connectivity index (χ4v) is 16.1. The van der Waals surface area contributed by atoms with Crippen LogP contribution in [0.2, 0.25) is 16.6 Å². The smallest absolute Gasteiger partial charge is 0.319 e. The van der Waals surface area contributed by atoms with Crippen molar-refractivity contribution in [2.24, 2.45) is 0 Å². The van der Waals surface area contributed by atoms with Gasteiger partial charge in [0.05, 0.1) is 28.8 Å². The summed E-state index contributed by atoms with van der Waals surface area (Å²) in [7, 11) is -0.759. The quantitative estimate of drug-likeness (QED) is 0.121. The first-order valence-electron chi connectivity index (χ1n) is 20.6. The van der Waals surface area contributed by atoms with Crippen molar-refractivity contribution in [1.82, 2.24) is 25.2 Å². The van der Waals surface area contributed by atoms with Gasteiger partial charge in [0.25, 0.3) is 0 Å². The van der Waals surface area contributed by atoms with Gasteiger partial charge in [0.1, 0.15) is 49.4 Å². The second-order valence-corrected chi connectivity index (χ2v) is 23.4. The van der Waals surface area contributed by atoms with Gasteiger partial charge in [-0.3, -0.25) is 4.90 Å². The zero-order valence-corrected chi connectivity index (χ0v) is 35.2. The molecule has 4 saturated heterocycles. The fourth-order valence-electron chi connectivity index (χ4n) is 10.9. The number of hydrogen-bond acceptors (Lipinski definition) is 9. The second kappa shape index (κ2) is 15.3. The molecule has 0 radical (unpaired) electrons. The molecule has 2 bridgehead atoms. The predicted molar refractivity (Wildman–Crippen MR) is 221 cm³/mol. The number of aromatic hydroxyl groups is 1. The zero-order valence-electron chi connectivity index (χ0n) is 34.2. The number of nitrogens with zero attached hydrogens (tertiary/aromatic N) is 5. The number of methoxy groups -OCH3 is 1. The first-order valence-corrected chi connectivity index (χ1v) is 22.9. The van der Waals surface area contributed by atoms with Gasteiger partial charge < -0.3 is 24.8 Å². The number of phenolic OH excluding ortho intramolecular Hbond substituents is 1. The van der Waals surface area contributed by atoms with Crippen molar-refractivity contribution >= 4 is 35.6 Å². The molecule has 4 aromatic rings. The SMILES string of the molecule is COCc1nc(-c2cc(O)cc3ccc(F)c(C#C[Si](C(C)C)(C(C)C)C(C)C)c23)c(F)c2nc(OC[C@@]34CCCN3C[C@H](F)C4)nc(N3CC4CCC(C3)N4)c12. The van der Waals surface area contributed by atoms with Gasteiger partial charge in [-0.15, -0.1) is 5.54 Å². The van der Waals surface area contributed by atoms with Gasteiger partial charge in [-0.1, -0.05) is 53.5 Å². The molecule has 4 atom stereocenters. The number of hydrogen-bond donors (Lipinski definition) is 2. The number of alkyl halides is 1. The Kier molecular flexibility index (Phi) is 10.7. The first kappa shape index (κ1) is 39.8. The lowest BCUT2D eigenvalue weighted by molar-refractivity contribution is 0.107. The van der Waals surface area contributed by atoms with Gasteiger partial charge in [0, 0.05) is 56.2 Å². The number of piperazine rings is 1. The van der Waals surface area contributed by atoms with Crippen LogP contribution in [0, 0.1) is 23.1 Å². The van der Waals surface area contributed by atoms with Crippen molar-refractivity contribution in [2.75, 3.05) is 44.8 Å². The highest BCUT2D eigenvalue weighted by molar-refractivity contribution is 6.90. The summed E-state index contributed by atoms with van der Waals surface area (Å²) in [6, 6.07) is 6.40. The van der Waals surface area contributed by atoms with E-state index >= 15 is 8.78 Å². The van der Waals surface area contributed by atoms with Gasteiger partial charge in [0.2, 0.25) is 0 Å². The average Bonchev–Trinajstić information content (AvgIpc) is 3.81. The van der Waals surface area contributed by atoms with Crippen LogP contribution in [0.1, 0.15) is 84.9 Å². The van der Waals surface area contributed by atoms with E-state index in [9.17, 15) is 9.50 Å². The number of benzene rings is 2. The molecule has 2 unspecified atom stereocenters. The van der Waals surface area contributed by atoms with E-state index < -0.39 is 31.4 Å². The molecule has 2 N–H and O–H groups in total. The third-order valence-corrected chi connectivity index (χ3v) is 19.7. The number of halogens is 3. The Morgan fingerprint density at radius 3 is 2.39 bits per heavy atom. The van der Waals surface area contributed by atoms with E-state index in [1.807, 2.05) is 0 Å². The molecule has 0 spiro atoms. The van der Waals surface area contributed by atoms with Crippen LogP contribution in [0.4, 0.5) is 19.0 Å². The molecule has 57 heavy (non-hydrogen) atoms. The van der Waals surface area contributed by atoms with E-state index in [1.165, 1.54) is 18.2 Å². The van der Waals surface area contributed by atoms with E-state index in [4.69, 9.17) is 24.4 Å². The summed E-state index contributed by atoms with van der Waals surface area (Å²) in [4.78, 5) is 19.0. The van der Waals surface area contributed by atoms with Gasteiger partial charge in [-0.25, -0.2) is 18.2 Å². The Labute approximate surface area is 334 Å². The normalized spacial score (nSPS) is 23.7. The summed E-state index contributed by atoms with van der Waals surface area (Å²) >= 11 is 0. The third-order valence-electron chi connectivity index (χ3n) is 13.4. The Morgan fingerprint density at radius 2 is 1.70 bits per heavy atom. The minimum absolute atomic E-state index is 0.00190. The molecule has 9 nitrogen and oxygen atoms in total. The standard InChI is InChI=1S/C44H55F3N6O3Si/c1-25(2)57(26(3)4,27(5)6)16-13-33-35(46)12-9-28-17-32(54)18-34(37(28)33)40-39(47)41-38(36(49-40)23-55-7)42(52-21-30-10-11-31(22-52)48-30)51-43(50-41)56-24-44-14-8-15-53(44)20-29(45)19-44/h9,12,17-18,25-27,29-31,48,54H,8,10-11,14-15,19-24H2,1-7H3/t29-,30?,31?,44+/m1/s1. The summed E-state index contributed by atoms with van der Waals surface area (Å²) in [5, 5.41) is 16.0.